The van der Waals surface area contributed by atoms with Gasteiger partial charge < -0.3 is 11.1 Å². The van der Waals surface area contributed by atoms with Gasteiger partial charge in [-0.15, -0.1) is 12.4 Å². The summed E-state index contributed by atoms with van der Waals surface area (Å²) in [7, 11) is 0. The molecule has 1 aromatic carbocycles. The predicted molar refractivity (Wildman–Crippen MR) is 80.5 cm³/mol. The van der Waals surface area contributed by atoms with Gasteiger partial charge in [0.05, 0.1) is 5.92 Å². The molecule has 0 aliphatic heterocycles. The van der Waals surface area contributed by atoms with Crippen LogP contribution in [0.3, 0.4) is 0 Å². The Morgan fingerprint density at radius 3 is 2.47 bits per heavy atom. The standard InChI is InChI=1S/C15H22N2O.ClH/c16-10-14(13-8-2-1-3-9-13)15(18)17-11-12-6-4-5-7-12;/h1-3,8-9,12,14H,4-7,10-11,16H2,(H,17,18);1H. The van der Waals surface area contributed by atoms with Crippen LogP contribution in [0.4, 0.5) is 0 Å². The first kappa shape index (κ1) is 16.0. The Morgan fingerprint density at radius 2 is 1.89 bits per heavy atom. The summed E-state index contributed by atoms with van der Waals surface area (Å²) >= 11 is 0. The molecule has 4 heteroatoms. The number of hydrogen-bond acceptors (Lipinski definition) is 2. The molecule has 0 heterocycles. The number of nitrogens with one attached hydrogen (secondary N) is 1. The minimum Gasteiger partial charge on any atom is -0.355 e. The third-order valence-corrected chi connectivity index (χ3v) is 3.79. The highest BCUT2D eigenvalue weighted by Gasteiger charge is 2.21. The maximum atomic E-state index is 12.1. The molecular weight excluding hydrogens is 260 g/mol. The van der Waals surface area contributed by atoms with Gasteiger partial charge in [0.1, 0.15) is 0 Å². The van der Waals surface area contributed by atoms with Gasteiger partial charge in [-0.05, 0) is 24.3 Å². The van der Waals surface area contributed by atoms with Crippen molar-refractivity contribution >= 4 is 18.3 Å². The first-order chi connectivity index (χ1) is 8.81. The number of benzene rings is 1. The Balaban J connectivity index is 0.00000180. The van der Waals surface area contributed by atoms with Gasteiger partial charge in [-0.1, -0.05) is 43.2 Å². The van der Waals surface area contributed by atoms with Gasteiger partial charge in [0.2, 0.25) is 5.91 Å². The van der Waals surface area contributed by atoms with E-state index in [-0.39, 0.29) is 24.2 Å². The fourth-order valence-corrected chi connectivity index (χ4v) is 2.66. The van der Waals surface area contributed by atoms with Crippen molar-refractivity contribution in [1.29, 1.82) is 0 Å². The van der Waals surface area contributed by atoms with Crippen LogP contribution in [0.15, 0.2) is 30.3 Å². The molecule has 1 amide bonds. The van der Waals surface area contributed by atoms with E-state index in [4.69, 9.17) is 5.73 Å². The second-order valence-electron chi connectivity index (χ2n) is 5.09. The summed E-state index contributed by atoms with van der Waals surface area (Å²) in [4.78, 5) is 12.1. The molecule has 0 bridgehead atoms. The smallest absolute Gasteiger partial charge is 0.228 e. The highest BCUT2D eigenvalue weighted by molar-refractivity contribution is 5.85. The van der Waals surface area contributed by atoms with E-state index in [2.05, 4.69) is 5.32 Å². The summed E-state index contributed by atoms with van der Waals surface area (Å²) in [6.45, 7) is 1.17. The summed E-state index contributed by atoms with van der Waals surface area (Å²) in [5.74, 6) is 0.520. The van der Waals surface area contributed by atoms with Crippen LogP contribution in [-0.4, -0.2) is 19.0 Å². The van der Waals surface area contributed by atoms with E-state index in [9.17, 15) is 4.79 Å². The summed E-state index contributed by atoms with van der Waals surface area (Å²) in [5.41, 5.74) is 6.73. The van der Waals surface area contributed by atoms with Crippen LogP contribution in [0, 0.1) is 5.92 Å². The quantitative estimate of drug-likeness (QED) is 0.872. The van der Waals surface area contributed by atoms with Gasteiger partial charge >= 0.3 is 0 Å². The molecule has 3 N–H and O–H groups in total. The van der Waals surface area contributed by atoms with Crippen LogP contribution < -0.4 is 11.1 Å². The molecule has 1 aliphatic rings. The Bertz CT molecular complexity index is 377. The van der Waals surface area contributed by atoms with Crippen molar-refractivity contribution in [2.24, 2.45) is 11.7 Å². The van der Waals surface area contributed by atoms with Crippen molar-refractivity contribution in [3.8, 4) is 0 Å². The van der Waals surface area contributed by atoms with Gasteiger partial charge in [0.25, 0.3) is 0 Å². The van der Waals surface area contributed by atoms with Gasteiger partial charge in [-0.2, -0.15) is 0 Å². The molecule has 0 saturated heterocycles. The van der Waals surface area contributed by atoms with Crippen LogP contribution in [0.1, 0.15) is 37.2 Å². The van der Waals surface area contributed by atoms with Gasteiger partial charge in [-0.3, -0.25) is 4.79 Å². The Hall–Kier alpha value is -1.06. The highest BCUT2D eigenvalue weighted by Crippen LogP contribution is 2.24. The molecule has 1 fully saturated rings. The third kappa shape index (κ3) is 4.51. The van der Waals surface area contributed by atoms with Gasteiger partial charge in [0, 0.05) is 13.1 Å². The molecular formula is C15H23ClN2O. The molecule has 1 aromatic rings. The summed E-state index contributed by atoms with van der Waals surface area (Å²) in [5, 5.41) is 3.06. The van der Waals surface area contributed by atoms with E-state index in [0.717, 1.165) is 12.1 Å². The second-order valence-corrected chi connectivity index (χ2v) is 5.09. The topological polar surface area (TPSA) is 55.1 Å². The number of halogens is 1. The normalized spacial score (nSPS) is 16.7. The third-order valence-electron chi connectivity index (χ3n) is 3.79. The van der Waals surface area contributed by atoms with Crippen molar-refractivity contribution in [2.45, 2.75) is 31.6 Å². The zero-order chi connectivity index (χ0) is 12.8. The lowest BCUT2D eigenvalue weighted by Gasteiger charge is -2.17. The van der Waals surface area contributed by atoms with E-state index >= 15 is 0 Å². The van der Waals surface area contributed by atoms with Crippen LogP contribution >= 0.6 is 12.4 Å². The number of hydrogen-bond donors (Lipinski definition) is 2. The number of carbonyl (C=O) groups excluding carboxylic acids is 1. The van der Waals surface area contributed by atoms with Crippen molar-refractivity contribution in [3.05, 3.63) is 35.9 Å². The maximum Gasteiger partial charge on any atom is 0.228 e. The fraction of sp³-hybridized carbons (Fsp3) is 0.533. The first-order valence-corrected chi connectivity index (χ1v) is 6.84. The fourth-order valence-electron chi connectivity index (χ4n) is 2.66. The lowest BCUT2D eigenvalue weighted by atomic mass is 9.98. The van der Waals surface area contributed by atoms with Gasteiger partial charge in [-0.25, -0.2) is 0 Å². The average molecular weight is 283 g/mol. The molecule has 0 aromatic heterocycles. The molecule has 0 radical (unpaired) electrons. The van der Waals surface area contributed by atoms with Crippen LogP contribution in [0.25, 0.3) is 0 Å². The zero-order valence-electron chi connectivity index (χ0n) is 11.2. The lowest BCUT2D eigenvalue weighted by molar-refractivity contribution is -0.122. The number of nitrogens with two attached hydrogens (primary N) is 1. The van der Waals surface area contributed by atoms with Crippen LogP contribution in [0.5, 0.6) is 0 Å². The van der Waals surface area contributed by atoms with E-state index in [1.54, 1.807) is 0 Å². The molecule has 1 saturated carbocycles. The van der Waals surface area contributed by atoms with Crippen LogP contribution in [0.2, 0.25) is 0 Å². The summed E-state index contributed by atoms with van der Waals surface area (Å²) in [6, 6.07) is 9.78. The molecule has 19 heavy (non-hydrogen) atoms. The lowest BCUT2D eigenvalue weighted by Crippen LogP contribution is -2.35. The summed E-state index contributed by atoms with van der Waals surface area (Å²) < 4.78 is 0. The summed E-state index contributed by atoms with van der Waals surface area (Å²) in [6.07, 6.45) is 5.11. The largest absolute Gasteiger partial charge is 0.355 e. The zero-order valence-corrected chi connectivity index (χ0v) is 12.0. The molecule has 1 unspecified atom stereocenters. The SMILES string of the molecule is Cl.NCC(C(=O)NCC1CCCC1)c1ccccc1. The highest BCUT2D eigenvalue weighted by atomic mass is 35.5. The predicted octanol–water partition coefficient (Wildman–Crippen LogP) is 2.46. The molecule has 0 spiro atoms. The number of rotatable bonds is 5. The van der Waals surface area contributed by atoms with E-state index in [1.807, 2.05) is 30.3 Å². The molecule has 1 aliphatic carbocycles. The maximum absolute atomic E-state index is 12.1. The number of amides is 1. The van der Waals surface area contributed by atoms with E-state index in [1.165, 1.54) is 25.7 Å². The van der Waals surface area contributed by atoms with E-state index in [0.29, 0.717) is 12.5 Å². The van der Waals surface area contributed by atoms with Crippen LogP contribution in [-0.2, 0) is 4.79 Å². The molecule has 2 rings (SSSR count). The van der Waals surface area contributed by atoms with Crippen molar-refractivity contribution in [2.75, 3.05) is 13.1 Å². The van der Waals surface area contributed by atoms with Crippen molar-refractivity contribution in [3.63, 3.8) is 0 Å². The number of carbonyl (C=O) groups is 1. The first-order valence-electron chi connectivity index (χ1n) is 6.84. The Kier molecular flexibility index (Phi) is 6.89. The van der Waals surface area contributed by atoms with Crippen molar-refractivity contribution < 1.29 is 4.79 Å². The minimum absolute atomic E-state index is 0. The Morgan fingerprint density at radius 1 is 1.26 bits per heavy atom. The second kappa shape index (κ2) is 8.18. The van der Waals surface area contributed by atoms with Gasteiger partial charge in [0.15, 0.2) is 0 Å². The Labute approximate surface area is 121 Å². The minimum atomic E-state index is -0.215. The molecule has 3 nitrogen and oxygen atoms in total. The molecule has 1 atom stereocenters. The van der Waals surface area contributed by atoms with Crippen molar-refractivity contribution in [1.82, 2.24) is 5.32 Å². The van der Waals surface area contributed by atoms with E-state index < -0.39 is 0 Å². The monoisotopic (exact) mass is 282 g/mol. The molecule has 106 valence electrons. The average Bonchev–Trinajstić information content (AvgIpc) is 2.92.